The largest absolute Gasteiger partial charge is 0.477 e. The Morgan fingerprint density at radius 1 is 0.947 bits per heavy atom. The first-order valence-corrected chi connectivity index (χ1v) is 15.2. The molecule has 0 spiro atoms. The second-order valence-electron chi connectivity index (χ2n) is 9.06. The molecular formula is C28H23N2O5S3+. The summed E-state index contributed by atoms with van der Waals surface area (Å²) in [6.45, 7) is 0.197. The maximum Gasteiger partial charge on any atom is 0.370 e. The number of aromatic nitrogens is 1. The highest BCUT2D eigenvalue weighted by Crippen LogP contribution is 2.50. The number of rotatable bonds is 7. The van der Waals surface area contributed by atoms with Gasteiger partial charge in [-0.2, -0.15) is 13.0 Å². The summed E-state index contributed by atoms with van der Waals surface area (Å²) < 4.78 is 35.1. The Hall–Kier alpha value is -3.44. The number of hydrogen-bond donors (Lipinski definition) is 2. The van der Waals surface area contributed by atoms with E-state index in [0.717, 1.165) is 52.4 Å². The average molecular weight is 564 g/mol. The lowest BCUT2D eigenvalue weighted by molar-refractivity contribution is -0.656. The van der Waals surface area contributed by atoms with Gasteiger partial charge in [0.1, 0.15) is 4.70 Å². The van der Waals surface area contributed by atoms with Gasteiger partial charge in [0.05, 0.1) is 27.9 Å². The molecule has 4 aromatic carbocycles. The standard InChI is InChI=1S/C28H22N2O5S3/c31-26(32)17-30-25(37-23-13-11-19-7-2-4-9-21(19)28(23)30)16-24-29(14-5-15-38(33,34)35)27-20-8-3-1-6-18(20)10-12-22(27)36-24/h1-4,6-13,16H,5,14-15,17H2,(H-,31,32,33,34,35)/p+1. The molecule has 6 rings (SSSR count). The third-order valence-electron chi connectivity index (χ3n) is 6.55. The highest BCUT2D eigenvalue weighted by molar-refractivity contribution is 8.04. The number of benzene rings is 4. The lowest BCUT2D eigenvalue weighted by Gasteiger charge is -2.21. The summed E-state index contributed by atoms with van der Waals surface area (Å²) in [7, 11) is -4.09. The molecule has 0 bridgehead atoms. The number of carboxylic acids is 1. The Bertz CT molecular complexity index is 1880. The quantitative estimate of drug-likeness (QED) is 0.192. The van der Waals surface area contributed by atoms with Crippen LogP contribution in [0.2, 0.25) is 0 Å². The van der Waals surface area contributed by atoms with Gasteiger partial charge in [0.25, 0.3) is 15.1 Å². The van der Waals surface area contributed by atoms with Crippen molar-refractivity contribution in [3.63, 3.8) is 0 Å². The summed E-state index contributed by atoms with van der Waals surface area (Å²) in [6.07, 6.45) is 2.24. The molecule has 2 N–H and O–H groups in total. The topological polar surface area (TPSA) is 98.8 Å². The van der Waals surface area contributed by atoms with Crippen molar-refractivity contribution in [2.75, 3.05) is 17.2 Å². The van der Waals surface area contributed by atoms with Gasteiger partial charge in [0.2, 0.25) is 12.1 Å². The maximum absolute atomic E-state index is 11.9. The maximum atomic E-state index is 11.9. The van der Waals surface area contributed by atoms with E-state index in [1.807, 2.05) is 71.3 Å². The second kappa shape index (κ2) is 9.70. The molecule has 1 aliphatic rings. The van der Waals surface area contributed by atoms with Crippen molar-refractivity contribution in [2.24, 2.45) is 0 Å². The van der Waals surface area contributed by atoms with E-state index in [1.54, 1.807) is 11.8 Å². The molecule has 0 saturated heterocycles. The summed E-state index contributed by atoms with van der Waals surface area (Å²) in [5, 5.41) is 15.6. The van der Waals surface area contributed by atoms with Gasteiger partial charge < -0.3 is 10.0 Å². The fraction of sp³-hybridized carbons (Fsp3) is 0.143. The molecule has 0 amide bonds. The molecule has 0 fully saturated rings. The first-order valence-electron chi connectivity index (χ1n) is 12.0. The molecular weight excluding hydrogens is 541 g/mol. The van der Waals surface area contributed by atoms with Gasteiger partial charge >= 0.3 is 5.97 Å². The van der Waals surface area contributed by atoms with Crippen LogP contribution in [0.5, 0.6) is 0 Å². The molecule has 0 aliphatic carbocycles. The van der Waals surface area contributed by atoms with Gasteiger partial charge in [-0.15, -0.1) is 0 Å². The van der Waals surface area contributed by atoms with E-state index >= 15 is 0 Å². The molecule has 1 aliphatic heterocycles. The normalized spacial score (nSPS) is 14.7. The van der Waals surface area contributed by atoms with Crippen LogP contribution in [-0.4, -0.2) is 36.3 Å². The fourth-order valence-corrected chi connectivity index (χ4v) is 7.81. The van der Waals surface area contributed by atoms with E-state index < -0.39 is 16.1 Å². The summed E-state index contributed by atoms with van der Waals surface area (Å²) in [6, 6.07) is 24.2. The van der Waals surface area contributed by atoms with E-state index in [0.29, 0.717) is 6.54 Å². The molecule has 0 saturated carbocycles. The van der Waals surface area contributed by atoms with Crippen LogP contribution in [0.4, 0.5) is 5.69 Å². The van der Waals surface area contributed by atoms with Gasteiger partial charge in [-0.25, -0.2) is 4.79 Å². The molecule has 10 heteroatoms. The first kappa shape index (κ1) is 24.9. The molecule has 0 atom stereocenters. The van der Waals surface area contributed by atoms with E-state index in [-0.39, 0.29) is 18.7 Å². The summed E-state index contributed by atoms with van der Waals surface area (Å²) >= 11 is 3.10. The van der Waals surface area contributed by atoms with E-state index in [2.05, 4.69) is 17.0 Å². The van der Waals surface area contributed by atoms with Crippen LogP contribution in [0.1, 0.15) is 11.4 Å². The van der Waals surface area contributed by atoms with Crippen molar-refractivity contribution in [3.8, 4) is 0 Å². The predicted molar refractivity (Wildman–Crippen MR) is 153 cm³/mol. The van der Waals surface area contributed by atoms with E-state index in [1.165, 1.54) is 11.3 Å². The van der Waals surface area contributed by atoms with Crippen molar-refractivity contribution in [1.82, 2.24) is 0 Å². The monoisotopic (exact) mass is 563 g/mol. The zero-order chi connectivity index (χ0) is 26.4. The number of carboxylic acid groups (broad SMARTS) is 1. The van der Waals surface area contributed by atoms with Crippen LogP contribution in [0.25, 0.3) is 37.8 Å². The Morgan fingerprint density at radius 2 is 1.63 bits per heavy atom. The zero-order valence-corrected chi connectivity index (χ0v) is 22.5. The van der Waals surface area contributed by atoms with Crippen LogP contribution >= 0.6 is 23.1 Å². The third kappa shape index (κ3) is 4.64. The Kier molecular flexibility index (Phi) is 6.35. The molecule has 7 nitrogen and oxygen atoms in total. The molecule has 5 aromatic rings. The minimum absolute atomic E-state index is 0.184. The van der Waals surface area contributed by atoms with Crippen LogP contribution in [0.15, 0.2) is 82.7 Å². The SMILES string of the molecule is O=C(O)C[n+]1c(C=C2Sc3ccc4ccccc4c3N2CCCS(=O)(=O)O)sc2ccc3ccccc3c21. The smallest absolute Gasteiger partial charge is 0.370 e. The van der Waals surface area contributed by atoms with Crippen LogP contribution in [-0.2, 0) is 21.5 Å². The number of anilines is 1. The molecule has 0 radical (unpaired) electrons. The van der Waals surface area contributed by atoms with Gasteiger partial charge in [-0.1, -0.05) is 77.7 Å². The van der Waals surface area contributed by atoms with Gasteiger partial charge in [0, 0.05) is 16.8 Å². The summed E-state index contributed by atoms with van der Waals surface area (Å²) in [5.41, 5.74) is 1.87. The Balaban J connectivity index is 1.52. The van der Waals surface area contributed by atoms with Gasteiger partial charge in [-0.05, 0) is 35.4 Å². The van der Waals surface area contributed by atoms with Gasteiger partial charge in [0.15, 0.2) is 0 Å². The number of fused-ring (bicyclic) bond motifs is 6. The Labute approximate surface area is 227 Å². The highest BCUT2D eigenvalue weighted by atomic mass is 32.2. The van der Waals surface area contributed by atoms with Crippen molar-refractivity contribution in [3.05, 3.63) is 82.8 Å². The highest BCUT2D eigenvalue weighted by Gasteiger charge is 2.30. The van der Waals surface area contributed by atoms with Crippen LogP contribution < -0.4 is 9.47 Å². The van der Waals surface area contributed by atoms with Crippen molar-refractivity contribution >= 4 is 82.7 Å². The summed E-state index contributed by atoms with van der Waals surface area (Å²) in [5.74, 6) is -1.27. The van der Waals surface area contributed by atoms with E-state index in [9.17, 15) is 22.9 Å². The number of thioether (sulfide) groups is 1. The minimum atomic E-state index is -4.09. The van der Waals surface area contributed by atoms with Crippen molar-refractivity contribution < 1.29 is 27.4 Å². The first-order chi connectivity index (χ1) is 18.3. The lowest BCUT2D eigenvalue weighted by Crippen LogP contribution is -2.39. The van der Waals surface area contributed by atoms with Crippen LogP contribution in [0, 0.1) is 0 Å². The van der Waals surface area contributed by atoms with Crippen molar-refractivity contribution in [2.45, 2.75) is 17.9 Å². The second-order valence-corrected chi connectivity index (χ2v) is 12.8. The number of hydrogen-bond acceptors (Lipinski definition) is 6. The van der Waals surface area contributed by atoms with Gasteiger partial charge in [-0.3, -0.25) is 4.55 Å². The van der Waals surface area contributed by atoms with E-state index in [4.69, 9.17) is 0 Å². The molecule has 1 aromatic heterocycles. The number of aliphatic carboxylic acids is 1. The van der Waals surface area contributed by atoms with Crippen molar-refractivity contribution in [1.29, 1.82) is 0 Å². The minimum Gasteiger partial charge on any atom is -0.477 e. The number of carbonyl (C=O) groups is 1. The average Bonchev–Trinajstić information content (AvgIpc) is 3.41. The summed E-state index contributed by atoms with van der Waals surface area (Å²) in [4.78, 5) is 15.1. The molecule has 192 valence electrons. The van der Waals surface area contributed by atoms with Crippen LogP contribution in [0.3, 0.4) is 0 Å². The molecule has 2 heterocycles. The number of nitrogens with zero attached hydrogens (tertiary/aromatic N) is 2. The predicted octanol–water partition coefficient (Wildman–Crippen LogP) is 5.77. The lowest BCUT2D eigenvalue weighted by atomic mass is 10.1. The third-order valence-corrected chi connectivity index (χ3v) is 9.55. The fourth-order valence-electron chi connectivity index (χ4n) is 4.99. The molecule has 0 unspecified atom stereocenters. The number of thiazole rings is 1. The zero-order valence-electron chi connectivity index (χ0n) is 20.1. The molecule has 38 heavy (non-hydrogen) atoms. The Morgan fingerprint density at radius 3 is 2.37 bits per heavy atom.